The van der Waals surface area contributed by atoms with Crippen LogP contribution in [0.3, 0.4) is 0 Å². The Balaban J connectivity index is 2.15. The summed E-state index contributed by atoms with van der Waals surface area (Å²) < 4.78 is 0. The molecular weight excluding hydrogens is 259 g/mol. The van der Waals surface area contributed by atoms with Crippen LogP contribution in [0.4, 0.5) is 0 Å². The molecule has 0 spiro atoms. The molecule has 17 heavy (non-hydrogen) atoms. The van der Waals surface area contributed by atoms with E-state index in [4.69, 9.17) is 23.2 Å². The second-order valence-electron chi connectivity index (χ2n) is 4.24. The number of hydrogen-bond donors (Lipinski definition) is 1. The van der Waals surface area contributed by atoms with Gasteiger partial charge in [0.25, 0.3) is 5.91 Å². The first-order valence-electron chi connectivity index (χ1n) is 5.55. The lowest BCUT2D eigenvalue weighted by molar-refractivity contribution is 0.0709. The van der Waals surface area contributed by atoms with Crippen molar-refractivity contribution in [2.45, 2.75) is 13.0 Å². The van der Waals surface area contributed by atoms with E-state index in [1.807, 2.05) is 4.90 Å². The molecule has 1 fully saturated rings. The fourth-order valence-corrected chi connectivity index (χ4v) is 2.23. The van der Waals surface area contributed by atoms with Crippen molar-refractivity contribution in [3.8, 4) is 0 Å². The molecule has 0 bridgehead atoms. The van der Waals surface area contributed by atoms with Crippen molar-refractivity contribution >= 4 is 29.1 Å². The summed E-state index contributed by atoms with van der Waals surface area (Å²) in [5.41, 5.74) is 0.591. The van der Waals surface area contributed by atoms with Crippen LogP contribution in [0.25, 0.3) is 0 Å². The van der Waals surface area contributed by atoms with Gasteiger partial charge in [0.2, 0.25) is 0 Å². The van der Waals surface area contributed by atoms with E-state index in [1.165, 1.54) is 0 Å². The zero-order valence-corrected chi connectivity index (χ0v) is 11.1. The van der Waals surface area contributed by atoms with Crippen molar-refractivity contribution in [3.63, 3.8) is 0 Å². The van der Waals surface area contributed by atoms with E-state index in [1.54, 1.807) is 18.2 Å². The number of carbonyl (C=O) groups is 1. The third-order valence-corrected chi connectivity index (χ3v) is 3.56. The standard InChI is InChI=1S/C12H14Cl2N2O/c1-8-7-16(5-4-15-8)12(17)9-2-3-10(13)11(14)6-9/h2-3,6,8,15H,4-5,7H2,1H3/t8-/m0/s1. The monoisotopic (exact) mass is 272 g/mol. The molecule has 0 saturated carbocycles. The molecule has 1 atom stereocenters. The number of nitrogens with zero attached hydrogens (tertiary/aromatic N) is 1. The number of carbonyl (C=O) groups excluding carboxylic acids is 1. The Bertz CT molecular complexity index is 437. The third kappa shape index (κ3) is 2.92. The largest absolute Gasteiger partial charge is 0.336 e. The quantitative estimate of drug-likeness (QED) is 0.852. The summed E-state index contributed by atoms with van der Waals surface area (Å²) in [7, 11) is 0. The summed E-state index contributed by atoms with van der Waals surface area (Å²) in [5, 5.41) is 4.18. The molecule has 1 heterocycles. The van der Waals surface area contributed by atoms with E-state index in [2.05, 4.69) is 12.2 Å². The highest BCUT2D eigenvalue weighted by Gasteiger charge is 2.21. The van der Waals surface area contributed by atoms with E-state index in [0.717, 1.165) is 19.6 Å². The molecule has 0 radical (unpaired) electrons. The number of halogens is 2. The lowest BCUT2D eigenvalue weighted by atomic mass is 10.1. The summed E-state index contributed by atoms with van der Waals surface area (Å²) in [5.74, 6) is 0.0110. The van der Waals surface area contributed by atoms with Gasteiger partial charge < -0.3 is 10.2 Å². The topological polar surface area (TPSA) is 32.3 Å². The van der Waals surface area contributed by atoms with Crippen LogP contribution in [0.15, 0.2) is 18.2 Å². The highest BCUT2D eigenvalue weighted by atomic mass is 35.5. The molecule has 0 aliphatic carbocycles. The summed E-state index contributed by atoms with van der Waals surface area (Å²) in [4.78, 5) is 14.0. The molecule has 1 aliphatic rings. The van der Waals surface area contributed by atoms with Crippen LogP contribution >= 0.6 is 23.2 Å². The van der Waals surface area contributed by atoms with Crippen molar-refractivity contribution in [1.29, 1.82) is 0 Å². The lowest BCUT2D eigenvalue weighted by Crippen LogP contribution is -2.51. The maximum absolute atomic E-state index is 12.2. The summed E-state index contributed by atoms with van der Waals surface area (Å²) in [6.07, 6.45) is 0. The average Bonchev–Trinajstić information content (AvgIpc) is 2.32. The van der Waals surface area contributed by atoms with Crippen LogP contribution in [0.1, 0.15) is 17.3 Å². The van der Waals surface area contributed by atoms with Crippen LogP contribution in [0.5, 0.6) is 0 Å². The first-order valence-corrected chi connectivity index (χ1v) is 6.31. The van der Waals surface area contributed by atoms with Crippen molar-refractivity contribution in [2.24, 2.45) is 0 Å². The minimum absolute atomic E-state index is 0.0110. The van der Waals surface area contributed by atoms with Gasteiger partial charge in [-0.2, -0.15) is 0 Å². The lowest BCUT2D eigenvalue weighted by Gasteiger charge is -2.32. The van der Waals surface area contributed by atoms with E-state index in [-0.39, 0.29) is 5.91 Å². The number of amides is 1. The van der Waals surface area contributed by atoms with Gasteiger partial charge in [-0.3, -0.25) is 4.79 Å². The summed E-state index contributed by atoms with van der Waals surface area (Å²) in [6, 6.07) is 5.32. The fraction of sp³-hybridized carbons (Fsp3) is 0.417. The number of benzene rings is 1. The maximum Gasteiger partial charge on any atom is 0.254 e. The number of piperazine rings is 1. The number of rotatable bonds is 1. The SMILES string of the molecule is C[C@H]1CN(C(=O)c2ccc(Cl)c(Cl)c2)CCN1. The Morgan fingerprint density at radius 3 is 2.82 bits per heavy atom. The predicted octanol–water partition coefficient (Wildman–Crippen LogP) is 2.43. The van der Waals surface area contributed by atoms with Gasteiger partial charge in [0, 0.05) is 31.2 Å². The van der Waals surface area contributed by atoms with Gasteiger partial charge in [-0.05, 0) is 25.1 Å². The number of hydrogen-bond acceptors (Lipinski definition) is 2. The smallest absolute Gasteiger partial charge is 0.254 e. The molecule has 1 saturated heterocycles. The Labute approximate surface area is 111 Å². The van der Waals surface area contributed by atoms with Gasteiger partial charge in [-0.25, -0.2) is 0 Å². The van der Waals surface area contributed by atoms with Gasteiger partial charge in [0.15, 0.2) is 0 Å². The Kier molecular flexibility index (Phi) is 3.92. The van der Waals surface area contributed by atoms with Crippen LogP contribution in [-0.4, -0.2) is 36.5 Å². The molecule has 5 heteroatoms. The van der Waals surface area contributed by atoms with E-state index >= 15 is 0 Å². The number of nitrogens with one attached hydrogen (secondary N) is 1. The molecule has 0 aromatic heterocycles. The molecule has 2 rings (SSSR count). The van der Waals surface area contributed by atoms with Crippen LogP contribution in [-0.2, 0) is 0 Å². The molecule has 0 unspecified atom stereocenters. The molecule has 92 valence electrons. The Morgan fingerprint density at radius 2 is 2.18 bits per heavy atom. The first kappa shape index (κ1) is 12.7. The molecule has 1 amide bonds. The van der Waals surface area contributed by atoms with E-state index in [0.29, 0.717) is 21.7 Å². The summed E-state index contributed by atoms with van der Waals surface area (Å²) >= 11 is 11.7. The van der Waals surface area contributed by atoms with Gasteiger partial charge in [-0.1, -0.05) is 23.2 Å². The normalized spacial score (nSPS) is 20.4. The van der Waals surface area contributed by atoms with Gasteiger partial charge in [0.05, 0.1) is 10.0 Å². The van der Waals surface area contributed by atoms with Crippen molar-refractivity contribution in [1.82, 2.24) is 10.2 Å². The molecule has 1 aromatic rings. The van der Waals surface area contributed by atoms with Gasteiger partial charge in [0.1, 0.15) is 0 Å². The maximum atomic E-state index is 12.2. The van der Waals surface area contributed by atoms with Crippen molar-refractivity contribution in [3.05, 3.63) is 33.8 Å². The van der Waals surface area contributed by atoms with Crippen LogP contribution in [0.2, 0.25) is 10.0 Å². The summed E-state index contributed by atoms with van der Waals surface area (Å²) in [6.45, 7) is 4.34. The Hall–Kier alpha value is -0.770. The van der Waals surface area contributed by atoms with Crippen molar-refractivity contribution in [2.75, 3.05) is 19.6 Å². The second-order valence-corrected chi connectivity index (χ2v) is 5.05. The molecule has 1 aliphatic heterocycles. The highest BCUT2D eigenvalue weighted by Crippen LogP contribution is 2.23. The zero-order valence-electron chi connectivity index (χ0n) is 9.54. The highest BCUT2D eigenvalue weighted by molar-refractivity contribution is 6.42. The van der Waals surface area contributed by atoms with Gasteiger partial charge >= 0.3 is 0 Å². The fourth-order valence-electron chi connectivity index (χ4n) is 1.93. The third-order valence-electron chi connectivity index (χ3n) is 2.82. The van der Waals surface area contributed by atoms with Crippen LogP contribution < -0.4 is 5.32 Å². The zero-order chi connectivity index (χ0) is 12.4. The van der Waals surface area contributed by atoms with E-state index in [9.17, 15) is 4.79 Å². The minimum Gasteiger partial charge on any atom is -0.336 e. The molecule has 3 nitrogen and oxygen atoms in total. The first-order chi connectivity index (χ1) is 8.08. The predicted molar refractivity (Wildman–Crippen MR) is 69.8 cm³/mol. The Morgan fingerprint density at radius 1 is 1.41 bits per heavy atom. The van der Waals surface area contributed by atoms with Crippen LogP contribution in [0, 0.1) is 0 Å². The van der Waals surface area contributed by atoms with Gasteiger partial charge in [-0.15, -0.1) is 0 Å². The molecular formula is C12H14Cl2N2O. The second kappa shape index (κ2) is 5.25. The molecule has 1 aromatic carbocycles. The van der Waals surface area contributed by atoms with E-state index < -0.39 is 0 Å². The average molecular weight is 273 g/mol. The molecule has 1 N–H and O–H groups in total. The minimum atomic E-state index is 0.0110. The van der Waals surface area contributed by atoms with Crippen molar-refractivity contribution < 1.29 is 4.79 Å².